The lowest BCUT2D eigenvalue weighted by Crippen LogP contribution is -2.31. The Kier molecular flexibility index (Phi) is 2.01. The van der Waals surface area contributed by atoms with E-state index in [1.807, 2.05) is 0 Å². The zero-order valence-electron chi connectivity index (χ0n) is 8.77. The van der Waals surface area contributed by atoms with E-state index < -0.39 is 0 Å². The van der Waals surface area contributed by atoms with Crippen molar-refractivity contribution >= 4 is 7.85 Å². The van der Waals surface area contributed by atoms with Gasteiger partial charge in [-0.15, -0.1) is 0 Å². The van der Waals surface area contributed by atoms with Crippen LogP contribution in [0, 0.1) is 17.8 Å². The Labute approximate surface area is 77.5 Å². The maximum Gasteiger partial charge on any atom is 0.109 e. The molecule has 2 fully saturated rings. The number of fused-ring (bicyclic) bond motifs is 2. The summed E-state index contributed by atoms with van der Waals surface area (Å²) in [7, 11) is 2.52. The van der Waals surface area contributed by atoms with Gasteiger partial charge in [-0.25, -0.2) is 0 Å². The van der Waals surface area contributed by atoms with E-state index in [4.69, 9.17) is 0 Å². The maximum atomic E-state index is 2.52. The molecule has 68 valence electrons. The van der Waals surface area contributed by atoms with E-state index in [1.54, 1.807) is 6.42 Å². The molecule has 4 atom stereocenters. The van der Waals surface area contributed by atoms with E-state index in [-0.39, 0.29) is 0 Å². The van der Waals surface area contributed by atoms with Crippen LogP contribution in [0.2, 0.25) is 5.31 Å². The van der Waals surface area contributed by atoms with Crippen LogP contribution in [0.1, 0.15) is 46.0 Å². The summed E-state index contributed by atoms with van der Waals surface area (Å²) in [5, 5.41) is 0.685. The van der Waals surface area contributed by atoms with Crippen LogP contribution in [0.25, 0.3) is 0 Å². The summed E-state index contributed by atoms with van der Waals surface area (Å²) in [6, 6.07) is 0. The number of hydrogen-bond donors (Lipinski definition) is 0. The molecule has 0 aromatic carbocycles. The molecule has 0 radical (unpaired) electrons. The minimum atomic E-state index is 0.685. The topological polar surface area (TPSA) is 0 Å². The molecule has 12 heavy (non-hydrogen) atoms. The molecular formula is C11H21B. The van der Waals surface area contributed by atoms with Crippen LogP contribution >= 0.6 is 0 Å². The summed E-state index contributed by atoms with van der Waals surface area (Å²) in [6.07, 6.45) is 7.52. The monoisotopic (exact) mass is 164 g/mol. The third-order valence-corrected chi connectivity index (χ3v) is 4.95. The molecule has 0 aromatic heterocycles. The molecule has 2 aliphatic carbocycles. The standard InChI is InChI=1S/C11H21B/c1-3-11(12)7-9-4-5-10(6-9)8(11)2/h8-10H,3-7,12H2,1-2H3/t8-,9?,10?,11?/m0/s1. The molecule has 3 unspecified atom stereocenters. The lowest BCUT2D eigenvalue weighted by molar-refractivity contribution is 0.183. The lowest BCUT2D eigenvalue weighted by atomic mass is 9.51. The molecule has 0 saturated heterocycles. The predicted molar refractivity (Wildman–Crippen MR) is 56.1 cm³/mol. The zero-order chi connectivity index (χ0) is 8.77. The molecular weight excluding hydrogens is 143 g/mol. The second kappa shape index (κ2) is 2.78. The average molecular weight is 164 g/mol. The Morgan fingerprint density at radius 1 is 1.42 bits per heavy atom. The fraction of sp³-hybridized carbons (Fsp3) is 1.00. The average Bonchev–Trinajstić information content (AvgIpc) is 2.46. The van der Waals surface area contributed by atoms with E-state index in [0.717, 1.165) is 17.8 Å². The van der Waals surface area contributed by atoms with E-state index in [9.17, 15) is 0 Å². The molecule has 0 aliphatic heterocycles. The van der Waals surface area contributed by atoms with Crippen LogP contribution in [-0.2, 0) is 0 Å². The van der Waals surface area contributed by atoms with Crippen molar-refractivity contribution in [3.05, 3.63) is 0 Å². The third kappa shape index (κ3) is 1.13. The highest BCUT2D eigenvalue weighted by atomic mass is 14.5. The van der Waals surface area contributed by atoms with Gasteiger partial charge in [0.15, 0.2) is 0 Å². The fourth-order valence-corrected chi connectivity index (χ4v) is 3.63. The quantitative estimate of drug-likeness (QED) is 0.522. The predicted octanol–water partition coefficient (Wildman–Crippen LogP) is 2.64. The van der Waals surface area contributed by atoms with E-state index >= 15 is 0 Å². The first-order valence-electron chi connectivity index (χ1n) is 5.65. The second-order valence-corrected chi connectivity index (χ2v) is 5.44. The Morgan fingerprint density at radius 3 is 2.83 bits per heavy atom. The molecule has 1 heteroatoms. The molecule has 2 saturated carbocycles. The Morgan fingerprint density at radius 2 is 2.17 bits per heavy atom. The van der Waals surface area contributed by atoms with Crippen LogP contribution in [0.15, 0.2) is 0 Å². The van der Waals surface area contributed by atoms with Gasteiger partial charge in [-0.3, -0.25) is 0 Å². The molecule has 2 aliphatic rings. The van der Waals surface area contributed by atoms with E-state index in [1.165, 1.54) is 25.7 Å². The van der Waals surface area contributed by atoms with E-state index in [0.29, 0.717) is 5.31 Å². The van der Waals surface area contributed by atoms with Gasteiger partial charge in [-0.05, 0) is 30.6 Å². The van der Waals surface area contributed by atoms with Gasteiger partial charge in [-0.1, -0.05) is 38.4 Å². The van der Waals surface area contributed by atoms with Gasteiger partial charge < -0.3 is 0 Å². The zero-order valence-corrected chi connectivity index (χ0v) is 8.77. The molecule has 0 nitrogen and oxygen atoms in total. The van der Waals surface area contributed by atoms with Crippen molar-refractivity contribution in [1.29, 1.82) is 0 Å². The largest absolute Gasteiger partial charge is 0.109 e. The van der Waals surface area contributed by atoms with Gasteiger partial charge in [0.2, 0.25) is 0 Å². The van der Waals surface area contributed by atoms with Crippen molar-refractivity contribution in [3.8, 4) is 0 Å². The molecule has 0 heterocycles. The molecule has 0 aromatic rings. The van der Waals surface area contributed by atoms with Crippen molar-refractivity contribution in [1.82, 2.24) is 0 Å². The minimum absolute atomic E-state index is 0.685. The van der Waals surface area contributed by atoms with Crippen LogP contribution in [0.4, 0.5) is 0 Å². The van der Waals surface area contributed by atoms with Crippen molar-refractivity contribution in [2.24, 2.45) is 17.8 Å². The van der Waals surface area contributed by atoms with Gasteiger partial charge in [0.1, 0.15) is 7.85 Å². The molecule has 2 rings (SSSR count). The van der Waals surface area contributed by atoms with Crippen LogP contribution < -0.4 is 0 Å². The van der Waals surface area contributed by atoms with Gasteiger partial charge in [-0.2, -0.15) is 0 Å². The highest BCUT2D eigenvalue weighted by Gasteiger charge is 2.44. The molecule has 0 spiro atoms. The first kappa shape index (κ1) is 8.65. The molecule has 2 bridgehead atoms. The minimum Gasteiger partial charge on any atom is -0.0655 e. The van der Waals surface area contributed by atoms with E-state index in [2.05, 4.69) is 21.7 Å². The normalized spacial score (nSPS) is 52.7. The summed E-state index contributed by atoms with van der Waals surface area (Å²) in [5.74, 6) is 3.16. The summed E-state index contributed by atoms with van der Waals surface area (Å²) < 4.78 is 0. The SMILES string of the molecule is BC1(CC)CC2CCC(C2)[C@@H]1C. The molecule has 0 N–H and O–H groups in total. The summed E-state index contributed by atoms with van der Waals surface area (Å²) in [4.78, 5) is 0. The molecule has 0 amide bonds. The van der Waals surface area contributed by atoms with Gasteiger partial charge in [0.25, 0.3) is 0 Å². The summed E-state index contributed by atoms with van der Waals surface area (Å²) in [6.45, 7) is 4.87. The fourth-order valence-electron chi connectivity index (χ4n) is 3.63. The van der Waals surface area contributed by atoms with Crippen molar-refractivity contribution < 1.29 is 0 Å². The number of rotatable bonds is 1. The van der Waals surface area contributed by atoms with Crippen molar-refractivity contribution in [2.75, 3.05) is 0 Å². The number of hydrogen-bond acceptors (Lipinski definition) is 0. The highest BCUT2D eigenvalue weighted by molar-refractivity contribution is 6.15. The smallest absolute Gasteiger partial charge is 0.0655 e. The second-order valence-electron chi connectivity index (χ2n) is 5.44. The van der Waals surface area contributed by atoms with Crippen LogP contribution in [0.5, 0.6) is 0 Å². The summed E-state index contributed by atoms with van der Waals surface area (Å²) in [5.41, 5.74) is 0. The Hall–Kier alpha value is 0.0649. The van der Waals surface area contributed by atoms with Gasteiger partial charge >= 0.3 is 0 Å². The van der Waals surface area contributed by atoms with Crippen molar-refractivity contribution in [3.63, 3.8) is 0 Å². The Balaban J connectivity index is 2.17. The first-order valence-corrected chi connectivity index (χ1v) is 5.65. The van der Waals surface area contributed by atoms with Crippen LogP contribution in [-0.4, -0.2) is 7.85 Å². The van der Waals surface area contributed by atoms with Gasteiger partial charge in [0.05, 0.1) is 0 Å². The van der Waals surface area contributed by atoms with Crippen molar-refractivity contribution in [2.45, 2.75) is 51.3 Å². The lowest BCUT2D eigenvalue weighted by Gasteiger charge is -2.43. The van der Waals surface area contributed by atoms with Gasteiger partial charge in [0, 0.05) is 0 Å². The highest BCUT2D eigenvalue weighted by Crippen LogP contribution is 2.57. The third-order valence-electron chi connectivity index (χ3n) is 4.95. The first-order chi connectivity index (χ1) is 5.65. The summed E-state index contributed by atoms with van der Waals surface area (Å²) >= 11 is 0. The Bertz CT molecular complexity index is 178. The van der Waals surface area contributed by atoms with Crippen LogP contribution in [0.3, 0.4) is 0 Å². The maximum absolute atomic E-state index is 2.52.